The van der Waals surface area contributed by atoms with Gasteiger partial charge in [-0.1, -0.05) is 39.5 Å². The molecule has 0 saturated heterocycles. The van der Waals surface area contributed by atoms with Crippen LogP contribution in [0.2, 0.25) is 0 Å². The summed E-state index contributed by atoms with van der Waals surface area (Å²) >= 11 is 1.66. The van der Waals surface area contributed by atoms with E-state index in [0.717, 1.165) is 36.7 Å². The highest BCUT2D eigenvalue weighted by Crippen LogP contribution is 2.20. The molecule has 1 rings (SSSR count). The van der Waals surface area contributed by atoms with Gasteiger partial charge in [-0.25, -0.2) is 0 Å². The van der Waals surface area contributed by atoms with Crippen molar-refractivity contribution < 1.29 is 4.74 Å². The Morgan fingerprint density at radius 2 is 1.95 bits per heavy atom. The number of hydrogen-bond donors (Lipinski definition) is 1. The molecule has 0 unspecified atom stereocenters. The van der Waals surface area contributed by atoms with Crippen LogP contribution in [0.3, 0.4) is 0 Å². The first kappa shape index (κ1) is 17.0. The Labute approximate surface area is 126 Å². The van der Waals surface area contributed by atoms with Gasteiger partial charge in [-0.3, -0.25) is 0 Å². The molecule has 114 valence electrons. The van der Waals surface area contributed by atoms with Gasteiger partial charge in [0.25, 0.3) is 0 Å². The topological polar surface area (TPSA) is 59.9 Å². The van der Waals surface area contributed by atoms with Crippen LogP contribution in [0.1, 0.15) is 47.0 Å². The van der Waals surface area contributed by atoms with Crippen LogP contribution in [-0.4, -0.2) is 33.9 Å². The summed E-state index contributed by atoms with van der Waals surface area (Å²) in [5, 5.41) is 3.94. The minimum Gasteiger partial charge on any atom is -0.463 e. The lowest BCUT2D eigenvalue weighted by Crippen LogP contribution is -2.09. The van der Waals surface area contributed by atoms with E-state index in [0.29, 0.717) is 24.5 Å². The monoisotopic (exact) mass is 298 g/mol. The Balaban J connectivity index is 2.68. The highest BCUT2D eigenvalue weighted by molar-refractivity contribution is 7.99. The molecule has 0 aliphatic carbocycles. The van der Waals surface area contributed by atoms with Gasteiger partial charge in [0.1, 0.15) is 0 Å². The van der Waals surface area contributed by atoms with Gasteiger partial charge < -0.3 is 10.1 Å². The van der Waals surface area contributed by atoms with Crippen LogP contribution in [-0.2, 0) is 0 Å². The number of anilines is 1. The Hall–Kier alpha value is -1.04. The SMILES string of the molecule is CCCNc1nc(OCCC)nc(SCCC(C)C)n1. The molecule has 0 spiro atoms. The van der Waals surface area contributed by atoms with Crippen molar-refractivity contribution in [1.82, 2.24) is 15.0 Å². The summed E-state index contributed by atoms with van der Waals surface area (Å²) in [7, 11) is 0. The Morgan fingerprint density at radius 1 is 1.15 bits per heavy atom. The summed E-state index contributed by atoms with van der Waals surface area (Å²) in [6, 6.07) is 0.424. The van der Waals surface area contributed by atoms with Crippen LogP contribution in [0.5, 0.6) is 6.01 Å². The van der Waals surface area contributed by atoms with E-state index < -0.39 is 0 Å². The van der Waals surface area contributed by atoms with Crippen molar-refractivity contribution in [3.63, 3.8) is 0 Å². The molecule has 20 heavy (non-hydrogen) atoms. The van der Waals surface area contributed by atoms with E-state index in [2.05, 4.69) is 48.0 Å². The summed E-state index contributed by atoms with van der Waals surface area (Å²) in [4.78, 5) is 13.1. The first-order chi connectivity index (χ1) is 9.65. The zero-order chi connectivity index (χ0) is 14.8. The second-order valence-corrected chi connectivity index (χ2v) is 6.09. The third kappa shape index (κ3) is 6.93. The number of rotatable bonds is 10. The smallest absolute Gasteiger partial charge is 0.322 e. The molecule has 0 radical (unpaired) electrons. The molecule has 0 amide bonds. The third-order valence-corrected chi connectivity index (χ3v) is 3.37. The molecule has 1 aromatic heterocycles. The van der Waals surface area contributed by atoms with E-state index in [1.54, 1.807) is 11.8 Å². The van der Waals surface area contributed by atoms with Crippen LogP contribution >= 0.6 is 11.8 Å². The molecule has 6 heteroatoms. The second kappa shape index (κ2) is 9.80. The molecule has 5 nitrogen and oxygen atoms in total. The molecular formula is C14H26N4OS. The predicted molar refractivity (Wildman–Crippen MR) is 84.6 cm³/mol. The van der Waals surface area contributed by atoms with Crippen molar-refractivity contribution in [1.29, 1.82) is 0 Å². The van der Waals surface area contributed by atoms with E-state index in [4.69, 9.17) is 4.74 Å². The Bertz CT molecular complexity index is 361. The van der Waals surface area contributed by atoms with E-state index in [1.165, 1.54) is 0 Å². The van der Waals surface area contributed by atoms with E-state index >= 15 is 0 Å². The fourth-order valence-electron chi connectivity index (χ4n) is 1.36. The number of hydrogen-bond acceptors (Lipinski definition) is 6. The van der Waals surface area contributed by atoms with E-state index in [-0.39, 0.29) is 0 Å². The predicted octanol–water partition coefficient (Wildman–Crippen LogP) is 3.62. The van der Waals surface area contributed by atoms with E-state index in [1.807, 2.05) is 0 Å². The lowest BCUT2D eigenvalue weighted by Gasteiger charge is -2.09. The van der Waals surface area contributed by atoms with Crippen LogP contribution < -0.4 is 10.1 Å². The molecule has 1 N–H and O–H groups in total. The Morgan fingerprint density at radius 3 is 2.60 bits per heavy atom. The van der Waals surface area contributed by atoms with Gasteiger partial charge in [0.2, 0.25) is 5.95 Å². The molecule has 1 aromatic rings. The van der Waals surface area contributed by atoms with Gasteiger partial charge in [-0.2, -0.15) is 15.0 Å². The highest BCUT2D eigenvalue weighted by atomic mass is 32.2. The summed E-state index contributed by atoms with van der Waals surface area (Å²) in [6.45, 7) is 10.1. The minimum atomic E-state index is 0.424. The second-order valence-electron chi connectivity index (χ2n) is 5.03. The molecule has 0 fully saturated rings. The minimum absolute atomic E-state index is 0.424. The number of nitrogens with zero attached hydrogens (tertiary/aromatic N) is 3. The molecule has 0 aromatic carbocycles. The fraction of sp³-hybridized carbons (Fsp3) is 0.786. The molecule has 1 heterocycles. The maximum Gasteiger partial charge on any atom is 0.322 e. The van der Waals surface area contributed by atoms with E-state index in [9.17, 15) is 0 Å². The summed E-state index contributed by atoms with van der Waals surface area (Å²) < 4.78 is 5.53. The van der Waals surface area contributed by atoms with Crippen molar-refractivity contribution in [2.45, 2.75) is 52.1 Å². The van der Waals surface area contributed by atoms with Gasteiger partial charge in [0, 0.05) is 12.3 Å². The molecular weight excluding hydrogens is 272 g/mol. The van der Waals surface area contributed by atoms with Crippen LogP contribution in [0.15, 0.2) is 5.16 Å². The molecule has 0 aliphatic heterocycles. The summed E-state index contributed by atoms with van der Waals surface area (Å²) in [5.74, 6) is 2.32. The number of nitrogens with one attached hydrogen (secondary N) is 1. The molecule has 0 atom stereocenters. The van der Waals surface area contributed by atoms with Gasteiger partial charge >= 0.3 is 6.01 Å². The third-order valence-electron chi connectivity index (χ3n) is 2.49. The zero-order valence-electron chi connectivity index (χ0n) is 13.0. The average molecular weight is 298 g/mol. The normalized spacial score (nSPS) is 10.8. The van der Waals surface area contributed by atoms with Gasteiger partial charge in [0.15, 0.2) is 5.16 Å². The number of thioether (sulfide) groups is 1. The first-order valence-corrected chi connectivity index (χ1v) is 8.39. The summed E-state index contributed by atoms with van der Waals surface area (Å²) in [5.41, 5.74) is 0. The lowest BCUT2D eigenvalue weighted by molar-refractivity contribution is 0.288. The Kier molecular flexibility index (Phi) is 8.34. The zero-order valence-corrected chi connectivity index (χ0v) is 13.8. The average Bonchev–Trinajstić information content (AvgIpc) is 2.42. The standard InChI is InChI=1S/C14H26N4OS/c1-5-8-15-12-16-13(19-9-6-2)18-14(17-12)20-10-7-11(3)4/h11H,5-10H2,1-4H3,(H,15,16,17,18). The molecule has 0 saturated carbocycles. The lowest BCUT2D eigenvalue weighted by atomic mass is 10.2. The van der Waals surface area contributed by atoms with Gasteiger partial charge in [-0.15, -0.1) is 0 Å². The number of aromatic nitrogens is 3. The van der Waals surface area contributed by atoms with Crippen molar-refractivity contribution in [2.75, 3.05) is 24.2 Å². The maximum absolute atomic E-state index is 5.53. The molecule has 0 aliphatic rings. The van der Waals surface area contributed by atoms with Crippen molar-refractivity contribution >= 4 is 17.7 Å². The largest absolute Gasteiger partial charge is 0.463 e. The molecule has 0 bridgehead atoms. The van der Waals surface area contributed by atoms with Crippen LogP contribution in [0, 0.1) is 5.92 Å². The quantitative estimate of drug-likeness (QED) is 0.666. The fourth-order valence-corrected chi connectivity index (χ4v) is 2.43. The highest BCUT2D eigenvalue weighted by Gasteiger charge is 2.08. The van der Waals surface area contributed by atoms with Gasteiger partial charge in [-0.05, 0) is 25.2 Å². The van der Waals surface area contributed by atoms with Gasteiger partial charge in [0.05, 0.1) is 6.61 Å². The summed E-state index contributed by atoms with van der Waals surface area (Å²) in [6.07, 6.45) is 3.13. The maximum atomic E-state index is 5.53. The van der Waals surface area contributed by atoms with Crippen molar-refractivity contribution in [2.24, 2.45) is 5.92 Å². The van der Waals surface area contributed by atoms with Crippen LogP contribution in [0.4, 0.5) is 5.95 Å². The van der Waals surface area contributed by atoms with Crippen molar-refractivity contribution in [3.05, 3.63) is 0 Å². The van der Waals surface area contributed by atoms with Crippen molar-refractivity contribution in [3.8, 4) is 6.01 Å². The first-order valence-electron chi connectivity index (χ1n) is 7.41. The number of ether oxygens (including phenoxy) is 1. The van der Waals surface area contributed by atoms with Crippen LogP contribution in [0.25, 0.3) is 0 Å².